The summed E-state index contributed by atoms with van der Waals surface area (Å²) < 4.78 is 24.5. The van der Waals surface area contributed by atoms with Crippen LogP contribution in [0.15, 0.2) is 6.07 Å². The molecule has 0 aliphatic heterocycles. The summed E-state index contributed by atoms with van der Waals surface area (Å²) in [6, 6.07) is 1.23. The van der Waals surface area contributed by atoms with E-state index in [1.807, 2.05) is 0 Å². The van der Waals surface area contributed by atoms with E-state index in [0.29, 0.717) is 0 Å². The molecule has 0 saturated carbocycles. The van der Waals surface area contributed by atoms with E-state index in [-0.39, 0.29) is 22.9 Å². The number of nitrogen functional groups attached to an aromatic ring is 1. The average molecular weight is 208 g/mol. The highest BCUT2D eigenvalue weighted by atomic mass is 35.5. The van der Waals surface area contributed by atoms with Crippen LogP contribution in [-0.4, -0.2) is 4.98 Å². The van der Waals surface area contributed by atoms with Crippen LogP contribution < -0.4 is 11.5 Å². The molecule has 0 bridgehead atoms. The number of aromatic nitrogens is 1. The zero-order chi connectivity index (χ0) is 10.0. The molecule has 1 aromatic heterocycles. The van der Waals surface area contributed by atoms with E-state index in [9.17, 15) is 8.78 Å². The fraction of sp³-hybridized carbons (Fsp3) is 0.286. The van der Waals surface area contributed by atoms with Crippen LogP contribution >= 0.6 is 11.6 Å². The zero-order valence-corrected chi connectivity index (χ0v) is 7.35. The summed E-state index contributed by atoms with van der Waals surface area (Å²) in [7, 11) is 0. The molecule has 0 aliphatic rings. The van der Waals surface area contributed by atoms with Crippen molar-refractivity contribution in [1.29, 1.82) is 0 Å². The lowest BCUT2D eigenvalue weighted by Crippen LogP contribution is -2.07. The normalized spacial score (nSPS) is 10.8. The van der Waals surface area contributed by atoms with Crippen LogP contribution in [0.4, 0.5) is 14.5 Å². The third-order valence-corrected chi connectivity index (χ3v) is 1.82. The van der Waals surface area contributed by atoms with E-state index in [2.05, 4.69) is 4.98 Å². The molecule has 6 heteroatoms. The highest BCUT2D eigenvalue weighted by Crippen LogP contribution is 2.27. The quantitative estimate of drug-likeness (QED) is 0.776. The minimum absolute atomic E-state index is 0.0166. The number of alkyl halides is 2. The predicted octanol–water partition coefficient (Wildman–Crippen LogP) is 1.71. The van der Waals surface area contributed by atoms with Gasteiger partial charge in [0.1, 0.15) is 5.69 Å². The maximum Gasteiger partial charge on any atom is 0.281 e. The molecule has 0 radical (unpaired) electrons. The van der Waals surface area contributed by atoms with Crippen LogP contribution in [-0.2, 0) is 6.54 Å². The van der Waals surface area contributed by atoms with Gasteiger partial charge in [-0.05, 0) is 6.07 Å². The Morgan fingerprint density at radius 1 is 1.54 bits per heavy atom. The second-order valence-electron chi connectivity index (χ2n) is 2.40. The first-order chi connectivity index (χ1) is 6.06. The van der Waals surface area contributed by atoms with Crippen molar-refractivity contribution in [2.24, 2.45) is 5.73 Å². The molecule has 0 atom stereocenters. The third-order valence-electron chi connectivity index (χ3n) is 1.52. The van der Waals surface area contributed by atoms with Gasteiger partial charge in [0.25, 0.3) is 6.43 Å². The summed E-state index contributed by atoms with van der Waals surface area (Å²) in [5.41, 5.74) is 10.7. The lowest BCUT2D eigenvalue weighted by Gasteiger charge is -2.07. The summed E-state index contributed by atoms with van der Waals surface area (Å²) in [4.78, 5) is 3.56. The van der Waals surface area contributed by atoms with Crippen LogP contribution in [0, 0.1) is 0 Å². The van der Waals surface area contributed by atoms with E-state index < -0.39 is 12.1 Å². The molecule has 4 N–H and O–H groups in total. The van der Waals surface area contributed by atoms with E-state index in [0.717, 1.165) is 0 Å². The Morgan fingerprint density at radius 2 is 2.15 bits per heavy atom. The van der Waals surface area contributed by atoms with Gasteiger partial charge in [-0.25, -0.2) is 13.8 Å². The van der Waals surface area contributed by atoms with Crippen LogP contribution in [0.5, 0.6) is 0 Å². The van der Waals surface area contributed by atoms with Gasteiger partial charge < -0.3 is 11.5 Å². The second-order valence-corrected chi connectivity index (χ2v) is 2.80. The fourth-order valence-corrected chi connectivity index (χ4v) is 1.12. The first kappa shape index (κ1) is 10.1. The minimum Gasteiger partial charge on any atom is -0.397 e. The van der Waals surface area contributed by atoms with E-state index in [4.69, 9.17) is 23.1 Å². The Balaban J connectivity index is 3.22. The molecule has 0 aliphatic carbocycles. The Bertz CT molecular complexity index is 317. The maximum atomic E-state index is 12.2. The van der Waals surface area contributed by atoms with Crippen molar-refractivity contribution in [2.75, 3.05) is 5.73 Å². The van der Waals surface area contributed by atoms with Gasteiger partial charge in [-0.15, -0.1) is 0 Å². The van der Waals surface area contributed by atoms with Gasteiger partial charge in [-0.1, -0.05) is 11.6 Å². The smallest absolute Gasteiger partial charge is 0.281 e. The average Bonchev–Trinajstić information content (AvgIpc) is 2.03. The Labute approximate surface area is 78.7 Å². The van der Waals surface area contributed by atoms with Crippen LogP contribution in [0.25, 0.3) is 0 Å². The molecule has 72 valence electrons. The molecule has 13 heavy (non-hydrogen) atoms. The highest BCUT2D eigenvalue weighted by molar-refractivity contribution is 6.31. The zero-order valence-electron chi connectivity index (χ0n) is 6.60. The number of anilines is 1. The molecule has 0 spiro atoms. The first-order valence-electron chi connectivity index (χ1n) is 3.49. The maximum absolute atomic E-state index is 12.2. The summed E-state index contributed by atoms with van der Waals surface area (Å²) in [6.07, 6.45) is -2.71. The van der Waals surface area contributed by atoms with Crippen molar-refractivity contribution in [3.63, 3.8) is 0 Å². The van der Waals surface area contributed by atoms with Gasteiger partial charge in [0, 0.05) is 6.54 Å². The first-order valence-corrected chi connectivity index (χ1v) is 3.87. The molecule has 1 rings (SSSR count). The largest absolute Gasteiger partial charge is 0.397 e. The Morgan fingerprint density at radius 3 is 2.62 bits per heavy atom. The summed E-state index contributed by atoms with van der Waals surface area (Å²) >= 11 is 5.49. The van der Waals surface area contributed by atoms with Crippen molar-refractivity contribution in [2.45, 2.75) is 13.0 Å². The monoisotopic (exact) mass is 207 g/mol. The number of halogens is 3. The molecular weight excluding hydrogens is 200 g/mol. The van der Waals surface area contributed by atoms with Gasteiger partial charge in [-0.2, -0.15) is 0 Å². The van der Waals surface area contributed by atoms with Crippen LogP contribution in [0.1, 0.15) is 17.8 Å². The Kier molecular flexibility index (Phi) is 3.00. The van der Waals surface area contributed by atoms with E-state index in [1.54, 1.807) is 0 Å². The summed E-state index contributed by atoms with van der Waals surface area (Å²) in [5, 5.41) is -0.135. The molecule has 1 aromatic rings. The standard InChI is InChI=1S/C7H8ClF2N3/c8-3-1-4(12)5(2-11)13-6(3)7(9)10/h1,7H,2,11-12H2. The SMILES string of the molecule is NCc1nc(C(F)F)c(Cl)cc1N. The van der Waals surface area contributed by atoms with Crippen molar-refractivity contribution >= 4 is 17.3 Å². The fourth-order valence-electron chi connectivity index (χ4n) is 0.874. The molecule has 0 fully saturated rings. The van der Waals surface area contributed by atoms with Crippen LogP contribution in [0.2, 0.25) is 5.02 Å². The number of hydrogen-bond donors (Lipinski definition) is 2. The van der Waals surface area contributed by atoms with Crippen molar-refractivity contribution in [3.05, 3.63) is 22.5 Å². The molecule has 1 heterocycles. The number of hydrogen-bond acceptors (Lipinski definition) is 3. The molecule has 0 amide bonds. The van der Waals surface area contributed by atoms with E-state index in [1.165, 1.54) is 6.07 Å². The molecule has 0 aromatic carbocycles. The second kappa shape index (κ2) is 3.85. The molecule has 0 saturated heterocycles. The van der Waals surface area contributed by atoms with Gasteiger partial charge in [0.15, 0.2) is 0 Å². The minimum atomic E-state index is -2.71. The topological polar surface area (TPSA) is 64.9 Å². The summed E-state index contributed by atoms with van der Waals surface area (Å²) in [5.74, 6) is 0. The third kappa shape index (κ3) is 2.05. The van der Waals surface area contributed by atoms with Crippen molar-refractivity contribution < 1.29 is 8.78 Å². The predicted molar refractivity (Wildman–Crippen MR) is 46.5 cm³/mol. The van der Waals surface area contributed by atoms with Gasteiger partial charge in [-0.3, -0.25) is 0 Å². The van der Waals surface area contributed by atoms with Crippen LogP contribution in [0.3, 0.4) is 0 Å². The molecular formula is C7H8ClF2N3. The highest BCUT2D eigenvalue weighted by Gasteiger charge is 2.15. The van der Waals surface area contributed by atoms with Crippen molar-refractivity contribution in [1.82, 2.24) is 4.98 Å². The van der Waals surface area contributed by atoms with Gasteiger partial charge in [0.05, 0.1) is 16.4 Å². The van der Waals surface area contributed by atoms with E-state index >= 15 is 0 Å². The molecule has 3 nitrogen and oxygen atoms in total. The number of nitrogens with zero attached hydrogens (tertiary/aromatic N) is 1. The number of pyridine rings is 1. The molecule has 0 unspecified atom stereocenters. The summed E-state index contributed by atoms with van der Waals surface area (Å²) in [6.45, 7) is 0.0166. The lowest BCUT2D eigenvalue weighted by molar-refractivity contribution is 0.146. The van der Waals surface area contributed by atoms with Gasteiger partial charge in [0.2, 0.25) is 0 Å². The number of rotatable bonds is 2. The van der Waals surface area contributed by atoms with Crippen molar-refractivity contribution in [3.8, 4) is 0 Å². The lowest BCUT2D eigenvalue weighted by atomic mass is 10.2. The Hall–Kier alpha value is -0.940. The van der Waals surface area contributed by atoms with Gasteiger partial charge >= 0.3 is 0 Å². The number of nitrogens with two attached hydrogens (primary N) is 2.